The predicted molar refractivity (Wildman–Crippen MR) is 58.1 cm³/mol. The van der Waals surface area contributed by atoms with Gasteiger partial charge in [0.15, 0.2) is 6.04 Å². The van der Waals surface area contributed by atoms with Crippen LogP contribution in [-0.4, -0.2) is 28.2 Å². The molecule has 4 atom stereocenters. The summed E-state index contributed by atoms with van der Waals surface area (Å²) in [6, 6.07) is 8.27. The van der Waals surface area contributed by atoms with Crippen LogP contribution >= 0.6 is 0 Å². The summed E-state index contributed by atoms with van der Waals surface area (Å²) in [5, 5.41) is 18.0. The van der Waals surface area contributed by atoms with Crippen LogP contribution < -0.4 is 18.1 Å². The third-order valence-electron chi connectivity index (χ3n) is 3.33. The van der Waals surface area contributed by atoms with Crippen molar-refractivity contribution >= 4 is 11.9 Å². The van der Waals surface area contributed by atoms with Crippen molar-refractivity contribution in [2.24, 2.45) is 11.8 Å². The van der Waals surface area contributed by atoms with E-state index in [1.54, 1.807) is 0 Å². The summed E-state index contributed by atoms with van der Waals surface area (Å²) >= 11 is 0. The molecule has 0 heterocycles. The van der Waals surface area contributed by atoms with E-state index < -0.39 is 29.8 Å². The molecule has 1 aliphatic carbocycles. The first-order valence-corrected chi connectivity index (χ1v) is 5.37. The van der Waals surface area contributed by atoms with Crippen molar-refractivity contribution in [2.45, 2.75) is 12.0 Å². The van der Waals surface area contributed by atoms with Crippen molar-refractivity contribution in [1.29, 1.82) is 0 Å². The maximum absolute atomic E-state index is 11.1. The Morgan fingerprint density at radius 1 is 1.17 bits per heavy atom. The molecule has 2 rings (SSSR count). The second-order valence-corrected chi connectivity index (χ2v) is 4.32. The summed E-state index contributed by atoms with van der Waals surface area (Å²) in [7, 11) is 0. The predicted octanol–water partition coefficient (Wildman–Crippen LogP) is -3.20. The number of halogens is 1. The molecule has 0 unspecified atom stereocenters. The average Bonchev–Trinajstić information content (AvgIpc) is 3.04. The van der Waals surface area contributed by atoms with Gasteiger partial charge in [-0.1, -0.05) is 30.3 Å². The quantitative estimate of drug-likeness (QED) is 0.537. The van der Waals surface area contributed by atoms with E-state index in [0.717, 1.165) is 5.56 Å². The highest BCUT2D eigenvalue weighted by atomic mass is 35.5. The van der Waals surface area contributed by atoms with Crippen molar-refractivity contribution < 1.29 is 37.9 Å². The number of hydrogen-bond acceptors (Lipinski definition) is 2. The molecule has 1 aliphatic rings. The maximum Gasteiger partial charge on any atom is 0.362 e. The van der Waals surface area contributed by atoms with Crippen LogP contribution in [0.2, 0.25) is 0 Å². The molecular weight excluding hydrogens is 258 g/mol. The molecule has 0 spiro atoms. The second kappa shape index (κ2) is 5.37. The Bertz CT molecular complexity index is 451. The van der Waals surface area contributed by atoms with Gasteiger partial charge in [0.2, 0.25) is 0 Å². The van der Waals surface area contributed by atoms with Crippen LogP contribution in [0.25, 0.3) is 0 Å². The first kappa shape index (κ1) is 14.5. The normalized spacial score (nSPS) is 26.8. The molecular formula is C12H14ClNO4. The third kappa shape index (κ3) is 2.47. The molecule has 0 aliphatic heterocycles. The highest BCUT2D eigenvalue weighted by molar-refractivity contribution is 5.81. The summed E-state index contributed by atoms with van der Waals surface area (Å²) in [5.74, 6) is -3.26. The standard InChI is InChI=1S/C12H13NO4.ClH/c13-10(12(16)17)8-7(9(8)11(14)15)6-4-2-1-3-5-6;/h1-5,7-10H,13H2,(H,14,15)(H,16,17);1H/t7-,8+,9+,10+;/m0./s1. The van der Waals surface area contributed by atoms with Gasteiger partial charge in [-0.3, -0.25) is 4.79 Å². The molecule has 5 N–H and O–H groups in total. The summed E-state index contributed by atoms with van der Waals surface area (Å²) in [6.07, 6.45) is 0. The monoisotopic (exact) mass is 271 g/mol. The average molecular weight is 272 g/mol. The van der Waals surface area contributed by atoms with E-state index in [4.69, 9.17) is 10.2 Å². The molecule has 1 saturated carbocycles. The van der Waals surface area contributed by atoms with E-state index in [0.29, 0.717) is 0 Å². The number of hydrogen-bond donors (Lipinski definition) is 3. The summed E-state index contributed by atoms with van der Waals surface area (Å²) in [5.41, 5.74) is 4.42. The number of benzene rings is 1. The Balaban J connectivity index is 0.00000162. The minimum absolute atomic E-state index is 0. The molecule has 1 aromatic rings. The smallest absolute Gasteiger partial charge is 0.362 e. The van der Waals surface area contributed by atoms with Gasteiger partial charge in [-0.05, 0) is 5.56 Å². The van der Waals surface area contributed by atoms with Crippen molar-refractivity contribution in [1.82, 2.24) is 0 Å². The number of rotatable bonds is 4. The zero-order chi connectivity index (χ0) is 12.6. The Kier molecular flexibility index (Phi) is 4.32. The largest absolute Gasteiger partial charge is 1.00 e. The van der Waals surface area contributed by atoms with Gasteiger partial charge >= 0.3 is 11.9 Å². The minimum Gasteiger partial charge on any atom is -1.00 e. The van der Waals surface area contributed by atoms with Crippen molar-refractivity contribution in [3.05, 3.63) is 35.9 Å². The highest BCUT2D eigenvalue weighted by Crippen LogP contribution is 2.55. The lowest BCUT2D eigenvalue weighted by molar-refractivity contribution is -0.414. The number of quaternary nitrogens is 1. The first-order chi connectivity index (χ1) is 8.04. The van der Waals surface area contributed by atoms with E-state index in [2.05, 4.69) is 5.73 Å². The van der Waals surface area contributed by atoms with Gasteiger partial charge in [-0.25, -0.2) is 4.79 Å². The van der Waals surface area contributed by atoms with E-state index in [-0.39, 0.29) is 18.3 Å². The Morgan fingerprint density at radius 3 is 2.17 bits per heavy atom. The van der Waals surface area contributed by atoms with Crippen molar-refractivity contribution in [2.75, 3.05) is 0 Å². The van der Waals surface area contributed by atoms with Crippen molar-refractivity contribution in [3.63, 3.8) is 0 Å². The van der Waals surface area contributed by atoms with Gasteiger partial charge in [-0.15, -0.1) is 0 Å². The topological polar surface area (TPSA) is 102 Å². The van der Waals surface area contributed by atoms with Crippen LogP contribution in [0.4, 0.5) is 0 Å². The third-order valence-corrected chi connectivity index (χ3v) is 3.33. The molecule has 6 heteroatoms. The molecule has 5 nitrogen and oxygen atoms in total. The second-order valence-electron chi connectivity index (χ2n) is 4.32. The van der Waals surface area contributed by atoms with E-state index in [1.165, 1.54) is 0 Å². The minimum atomic E-state index is -1.04. The molecule has 0 bridgehead atoms. The highest BCUT2D eigenvalue weighted by Gasteiger charge is 2.62. The maximum atomic E-state index is 11.1. The fraction of sp³-hybridized carbons (Fsp3) is 0.333. The van der Waals surface area contributed by atoms with Gasteiger partial charge < -0.3 is 28.4 Å². The number of carbonyl (C=O) groups is 2. The van der Waals surface area contributed by atoms with E-state index in [9.17, 15) is 9.59 Å². The molecule has 1 fully saturated rings. The number of carboxylic acids is 2. The Morgan fingerprint density at radius 2 is 1.72 bits per heavy atom. The summed E-state index contributed by atoms with van der Waals surface area (Å²) in [6.45, 7) is 0. The molecule has 0 amide bonds. The van der Waals surface area contributed by atoms with Crippen LogP contribution in [-0.2, 0) is 9.59 Å². The van der Waals surface area contributed by atoms with Crippen LogP contribution in [0.15, 0.2) is 30.3 Å². The van der Waals surface area contributed by atoms with Gasteiger partial charge in [0, 0.05) is 11.8 Å². The van der Waals surface area contributed by atoms with Crippen molar-refractivity contribution in [3.8, 4) is 0 Å². The molecule has 0 saturated heterocycles. The summed E-state index contributed by atoms with van der Waals surface area (Å²) < 4.78 is 0. The van der Waals surface area contributed by atoms with E-state index in [1.807, 2.05) is 30.3 Å². The van der Waals surface area contributed by atoms with Crippen LogP contribution in [0, 0.1) is 11.8 Å². The van der Waals surface area contributed by atoms with E-state index >= 15 is 0 Å². The number of carboxylic acid groups (broad SMARTS) is 2. The van der Waals surface area contributed by atoms with Crippen LogP contribution in [0.3, 0.4) is 0 Å². The van der Waals surface area contributed by atoms with Gasteiger partial charge in [0.05, 0.1) is 5.92 Å². The molecule has 98 valence electrons. The van der Waals surface area contributed by atoms with Gasteiger partial charge in [0.25, 0.3) is 0 Å². The molecule has 0 radical (unpaired) electrons. The first-order valence-electron chi connectivity index (χ1n) is 5.37. The van der Waals surface area contributed by atoms with Crippen LogP contribution in [0.1, 0.15) is 11.5 Å². The fourth-order valence-corrected chi connectivity index (χ4v) is 2.42. The summed E-state index contributed by atoms with van der Waals surface area (Å²) in [4.78, 5) is 21.9. The lowest BCUT2D eigenvalue weighted by Gasteiger charge is -2.01. The molecule has 1 aromatic carbocycles. The Labute approximate surface area is 110 Å². The van der Waals surface area contributed by atoms with Gasteiger partial charge in [-0.2, -0.15) is 0 Å². The molecule has 18 heavy (non-hydrogen) atoms. The lowest BCUT2D eigenvalue weighted by atomic mass is 10.1. The zero-order valence-electron chi connectivity index (χ0n) is 9.49. The SMILES string of the molecule is [Cl-].[NH3+][C@@H](C(=O)O)[C@H]1[C@H](C(=O)O)[C@H]1c1ccccc1. The van der Waals surface area contributed by atoms with Crippen LogP contribution in [0.5, 0.6) is 0 Å². The number of aliphatic carboxylic acids is 2. The lowest BCUT2D eigenvalue weighted by Crippen LogP contribution is -3.00. The zero-order valence-corrected chi connectivity index (χ0v) is 10.2. The van der Waals surface area contributed by atoms with Gasteiger partial charge in [0.1, 0.15) is 0 Å². The molecule has 0 aromatic heterocycles. The fourth-order valence-electron chi connectivity index (χ4n) is 2.42. The Hall–Kier alpha value is -1.59.